The van der Waals surface area contributed by atoms with Gasteiger partial charge in [0.25, 0.3) is 5.91 Å². The summed E-state index contributed by atoms with van der Waals surface area (Å²) in [6.07, 6.45) is 3.80. The van der Waals surface area contributed by atoms with Gasteiger partial charge in [0.1, 0.15) is 10.6 Å². The lowest BCUT2D eigenvalue weighted by Gasteiger charge is -2.17. The molecular formula is C16H24ClN3O4S. The summed E-state index contributed by atoms with van der Waals surface area (Å²) in [7, 11) is -2.31. The highest BCUT2D eigenvalue weighted by molar-refractivity contribution is 7.89. The number of sulfonamides is 1. The molecule has 25 heavy (non-hydrogen) atoms. The van der Waals surface area contributed by atoms with E-state index in [9.17, 15) is 13.2 Å². The Kier molecular flexibility index (Phi) is 6.31. The molecule has 4 N–H and O–H groups in total. The van der Waals surface area contributed by atoms with Gasteiger partial charge in [-0.3, -0.25) is 4.79 Å². The third kappa shape index (κ3) is 4.84. The van der Waals surface area contributed by atoms with Crippen LogP contribution in [0.4, 0.5) is 0 Å². The molecule has 9 heteroatoms. The molecule has 2 aliphatic carbocycles. The van der Waals surface area contributed by atoms with Gasteiger partial charge in [0, 0.05) is 24.2 Å². The summed E-state index contributed by atoms with van der Waals surface area (Å²) in [6.45, 7) is 0.376. The van der Waals surface area contributed by atoms with Crippen molar-refractivity contribution in [1.82, 2.24) is 10.0 Å². The smallest absolute Gasteiger partial charge is 0.251 e. The number of ether oxygens (including phenoxy) is 1. The van der Waals surface area contributed by atoms with E-state index < -0.39 is 10.0 Å². The first-order valence-electron chi connectivity index (χ1n) is 8.16. The lowest BCUT2D eigenvalue weighted by atomic mass is 10.1. The van der Waals surface area contributed by atoms with Crippen LogP contribution >= 0.6 is 12.4 Å². The minimum absolute atomic E-state index is 0. The summed E-state index contributed by atoms with van der Waals surface area (Å²) in [4.78, 5) is 12.4. The second-order valence-corrected chi connectivity index (χ2v) is 8.10. The summed E-state index contributed by atoms with van der Waals surface area (Å²) in [5.41, 5.74) is 5.99. The Bertz CT molecular complexity index is 733. The zero-order valence-electron chi connectivity index (χ0n) is 14.0. The number of halogens is 1. The molecule has 2 fully saturated rings. The Morgan fingerprint density at radius 2 is 2.00 bits per heavy atom. The van der Waals surface area contributed by atoms with Gasteiger partial charge >= 0.3 is 0 Å². The quantitative estimate of drug-likeness (QED) is 0.614. The van der Waals surface area contributed by atoms with Crippen LogP contribution in [0.1, 0.15) is 36.0 Å². The van der Waals surface area contributed by atoms with E-state index in [0.717, 1.165) is 25.7 Å². The Balaban J connectivity index is 0.00000225. The zero-order valence-corrected chi connectivity index (χ0v) is 15.7. The van der Waals surface area contributed by atoms with E-state index >= 15 is 0 Å². The Hall–Kier alpha value is -1.35. The van der Waals surface area contributed by atoms with Crippen LogP contribution in [-0.4, -0.2) is 40.1 Å². The third-order valence-corrected chi connectivity index (χ3v) is 5.92. The number of nitrogens with two attached hydrogens (primary N) is 1. The van der Waals surface area contributed by atoms with Crippen LogP contribution in [0.5, 0.6) is 5.75 Å². The van der Waals surface area contributed by atoms with Crippen molar-refractivity contribution < 1.29 is 17.9 Å². The minimum atomic E-state index is -3.71. The van der Waals surface area contributed by atoms with Crippen molar-refractivity contribution in [2.45, 2.75) is 42.7 Å². The van der Waals surface area contributed by atoms with Gasteiger partial charge in [0.15, 0.2) is 0 Å². The first kappa shape index (κ1) is 20.0. The number of carbonyl (C=O) groups excluding carboxylic acids is 1. The van der Waals surface area contributed by atoms with Crippen LogP contribution in [0, 0.1) is 5.92 Å². The molecule has 0 bridgehead atoms. The SMILES string of the molecule is COc1ccc(C(=O)NC(CN)C2CC2)cc1S(=O)(=O)NC1CC1.Cl. The van der Waals surface area contributed by atoms with E-state index in [1.807, 2.05) is 0 Å². The number of amides is 1. The Morgan fingerprint density at radius 1 is 1.32 bits per heavy atom. The minimum Gasteiger partial charge on any atom is -0.495 e. The van der Waals surface area contributed by atoms with Crippen LogP contribution < -0.4 is 20.5 Å². The van der Waals surface area contributed by atoms with Gasteiger partial charge in [-0.1, -0.05) is 0 Å². The van der Waals surface area contributed by atoms with Crippen molar-refractivity contribution in [3.63, 3.8) is 0 Å². The van der Waals surface area contributed by atoms with Gasteiger partial charge in [-0.15, -0.1) is 12.4 Å². The predicted octanol–water partition coefficient (Wildman–Crippen LogP) is 1.02. The number of methoxy groups -OCH3 is 1. The average Bonchev–Trinajstić information content (AvgIpc) is 3.45. The van der Waals surface area contributed by atoms with E-state index in [0.29, 0.717) is 12.5 Å². The fourth-order valence-electron chi connectivity index (χ4n) is 2.63. The normalized spacial score (nSPS) is 18.2. The highest BCUT2D eigenvalue weighted by Gasteiger charge is 2.33. The molecule has 1 amide bonds. The lowest BCUT2D eigenvalue weighted by Crippen LogP contribution is -2.41. The molecule has 2 saturated carbocycles. The molecule has 1 atom stereocenters. The molecule has 0 aliphatic heterocycles. The monoisotopic (exact) mass is 389 g/mol. The standard InChI is InChI=1S/C16H23N3O4S.ClH/c1-23-14-7-4-11(16(20)18-13(9-17)10-2-3-10)8-15(14)24(21,22)19-12-5-6-12;/h4,7-8,10,12-13,19H,2-3,5-6,9,17H2,1H3,(H,18,20);1H. The molecule has 1 aromatic rings. The Labute approximate surface area is 154 Å². The molecule has 0 heterocycles. The molecule has 0 radical (unpaired) electrons. The van der Waals surface area contributed by atoms with E-state index in [2.05, 4.69) is 10.0 Å². The summed E-state index contributed by atoms with van der Waals surface area (Å²) in [6, 6.07) is 4.34. The van der Waals surface area contributed by atoms with E-state index in [1.54, 1.807) is 6.07 Å². The highest BCUT2D eigenvalue weighted by atomic mass is 35.5. The number of nitrogens with one attached hydrogen (secondary N) is 2. The molecule has 3 rings (SSSR count). The number of hydrogen-bond acceptors (Lipinski definition) is 5. The number of rotatable bonds is 8. The molecular weight excluding hydrogens is 366 g/mol. The third-order valence-electron chi connectivity index (χ3n) is 4.38. The van der Waals surface area contributed by atoms with Crippen molar-refractivity contribution in [3.05, 3.63) is 23.8 Å². The van der Waals surface area contributed by atoms with Gasteiger partial charge in [0.2, 0.25) is 10.0 Å². The van der Waals surface area contributed by atoms with Crippen LogP contribution in [0.15, 0.2) is 23.1 Å². The maximum absolute atomic E-state index is 12.5. The zero-order chi connectivity index (χ0) is 17.3. The number of carbonyl (C=O) groups is 1. The first-order chi connectivity index (χ1) is 11.4. The first-order valence-corrected chi connectivity index (χ1v) is 9.64. The van der Waals surface area contributed by atoms with Gasteiger partial charge in [-0.25, -0.2) is 13.1 Å². The molecule has 7 nitrogen and oxygen atoms in total. The van der Waals surface area contributed by atoms with Crippen LogP contribution in [0.3, 0.4) is 0 Å². The fraction of sp³-hybridized carbons (Fsp3) is 0.562. The molecule has 140 valence electrons. The average molecular weight is 390 g/mol. The van der Waals surface area contributed by atoms with Crippen LogP contribution in [-0.2, 0) is 10.0 Å². The van der Waals surface area contributed by atoms with Crippen molar-refractivity contribution in [3.8, 4) is 5.75 Å². The molecule has 1 aromatic carbocycles. The molecule has 2 aliphatic rings. The van der Waals surface area contributed by atoms with Crippen molar-refractivity contribution in [2.24, 2.45) is 11.7 Å². The van der Waals surface area contributed by atoms with Crippen molar-refractivity contribution in [2.75, 3.05) is 13.7 Å². The fourth-order valence-corrected chi connectivity index (χ4v) is 4.13. The molecule has 0 aromatic heterocycles. The molecule has 0 spiro atoms. The second-order valence-electron chi connectivity index (χ2n) is 6.41. The maximum Gasteiger partial charge on any atom is 0.251 e. The maximum atomic E-state index is 12.5. The Morgan fingerprint density at radius 3 is 2.52 bits per heavy atom. The lowest BCUT2D eigenvalue weighted by molar-refractivity contribution is 0.0933. The number of benzene rings is 1. The summed E-state index contributed by atoms with van der Waals surface area (Å²) in [5.74, 6) is 0.331. The highest BCUT2D eigenvalue weighted by Crippen LogP contribution is 2.32. The molecule has 1 unspecified atom stereocenters. The van der Waals surface area contributed by atoms with E-state index in [1.165, 1.54) is 19.2 Å². The van der Waals surface area contributed by atoms with Crippen molar-refractivity contribution in [1.29, 1.82) is 0 Å². The van der Waals surface area contributed by atoms with Crippen LogP contribution in [0.2, 0.25) is 0 Å². The van der Waals surface area contributed by atoms with Crippen molar-refractivity contribution >= 4 is 28.3 Å². The predicted molar refractivity (Wildman–Crippen MR) is 96.6 cm³/mol. The van der Waals surface area contributed by atoms with Crippen LogP contribution in [0.25, 0.3) is 0 Å². The van der Waals surface area contributed by atoms with Gasteiger partial charge in [-0.2, -0.15) is 0 Å². The van der Waals surface area contributed by atoms with E-state index in [4.69, 9.17) is 10.5 Å². The van der Waals surface area contributed by atoms with Gasteiger partial charge in [0.05, 0.1) is 7.11 Å². The second kappa shape index (κ2) is 7.90. The summed E-state index contributed by atoms with van der Waals surface area (Å²) >= 11 is 0. The summed E-state index contributed by atoms with van der Waals surface area (Å²) in [5, 5.41) is 2.89. The topological polar surface area (TPSA) is 111 Å². The van der Waals surface area contributed by atoms with E-state index in [-0.39, 0.29) is 46.6 Å². The summed E-state index contributed by atoms with van der Waals surface area (Å²) < 4.78 is 32.7. The largest absolute Gasteiger partial charge is 0.495 e. The van der Waals surface area contributed by atoms with Gasteiger partial charge in [-0.05, 0) is 49.8 Å². The molecule has 0 saturated heterocycles. The van der Waals surface area contributed by atoms with Gasteiger partial charge < -0.3 is 15.8 Å². The number of hydrogen-bond donors (Lipinski definition) is 3.